The van der Waals surface area contributed by atoms with Crippen LogP contribution in [-0.2, 0) is 19.6 Å². The number of carbonyl (C=O) groups is 2. The fourth-order valence-electron chi connectivity index (χ4n) is 2.84. The Kier molecular flexibility index (Phi) is 10.1. The van der Waals surface area contributed by atoms with Crippen LogP contribution >= 0.6 is 12.4 Å². The lowest BCUT2D eigenvalue weighted by Gasteiger charge is -2.32. The molecular weight excluding hydrogens is 404 g/mol. The van der Waals surface area contributed by atoms with Crippen LogP contribution in [0, 0.1) is 5.92 Å². The maximum atomic E-state index is 12.6. The van der Waals surface area contributed by atoms with Gasteiger partial charge in [-0.1, -0.05) is 13.8 Å². The number of sulfonamides is 1. The Labute approximate surface area is 173 Å². The van der Waals surface area contributed by atoms with Crippen LogP contribution in [0.4, 0.5) is 5.69 Å². The molecule has 0 heterocycles. The molecule has 0 radical (unpaired) electrons. The van der Waals surface area contributed by atoms with Crippen LogP contribution in [0.1, 0.15) is 34.1 Å². The van der Waals surface area contributed by atoms with Crippen LogP contribution in [0.15, 0.2) is 29.2 Å². The summed E-state index contributed by atoms with van der Waals surface area (Å²) in [5, 5.41) is 5.41. The number of anilines is 1. The van der Waals surface area contributed by atoms with Gasteiger partial charge in [0.1, 0.15) is 0 Å². The topological polar surface area (TPSA) is 122 Å². The summed E-state index contributed by atoms with van der Waals surface area (Å²) in [7, 11) is -2.49. The van der Waals surface area contributed by atoms with Crippen molar-refractivity contribution in [3.63, 3.8) is 0 Å². The largest absolute Gasteiger partial charge is 0.349 e. The van der Waals surface area contributed by atoms with Crippen LogP contribution in [0.3, 0.4) is 0 Å². The minimum absolute atomic E-state index is 0. The summed E-state index contributed by atoms with van der Waals surface area (Å²) in [6.07, 6.45) is 0.691. The van der Waals surface area contributed by atoms with E-state index in [1.165, 1.54) is 38.2 Å². The van der Waals surface area contributed by atoms with Gasteiger partial charge in [-0.05, 0) is 43.5 Å². The first-order chi connectivity index (χ1) is 12.4. The van der Waals surface area contributed by atoms with E-state index < -0.39 is 21.5 Å². The van der Waals surface area contributed by atoms with Crippen molar-refractivity contribution in [2.24, 2.45) is 11.7 Å². The molecule has 1 atom stereocenters. The maximum Gasteiger partial charge on any atom is 0.243 e. The normalized spacial score (nSPS) is 13.6. The number of amides is 2. The Hall–Kier alpha value is -1.68. The highest BCUT2D eigenvalue weighted by molar-refractivity contribution is 7.89. The third-order valence-corrected chi connectivity index (χ3v) is 5.82. The highest BCUT2D eigenvalue weighted by atomic mass is 35.5. The molecule has 0 aromatic heterocycles. The van der Waals surface area contributed by atoms with Gasteiger partial charge in [0, 0.05) is 31.7 Å². The van der Waals surface area contributed by atoms with Gasteiger partial charge in [-0.15, -0.1) is 12.4 Å². The molecule has 8 nitrogen and oxygen atoms in total. The first-order valence-electron chi connectivity index (χ1n) is 8.74. The summed E-state index contributed by atoms with van der Waals surface area (Å²) in [4.78, 5) is 23.4. The number of nitrogens with two attached hydrogens (primary N) is 1. The quantitative estimate of drug-likeness (QED) is 0.544. The Bertz CT molecular complexity index is 768. The number of hydrogen-bond acceptors (Lipinski definition) is 5. The van der Waals surface area contributed by atoms with Crippen LogP contribution < -0.4 is 16.4 Å². The van der Waals surface area contributed by atoms with Gasteiger partial charge in [-0.3, -0.25) is 9.59 Å². The maximum absolute atomic E-state index is 12.6. The van der Waals surface area contributed by atoms with E-state index in [2.05, 4.69) is 10.6 Å². The number of nitrogens with one attached hydrogen (secondary N) is 2. The lowest BCUT2D eigenvalue weighted by atomic mass is 9.91. The summed E-state index contributed by atoms with van der Waals surface area (Å²) >= 11 is 0. The van der Waals surface area contributed by atoms with Crippen molar-refractivity contribution in [3.8, 4) is 0 Å². The Morgan fingerprint density at radius 2 is 1.75 bits per heavy atom. The van der Waals surface area contributed by atoms with Crippen molar-refractivity contribution in [2.45, 2.75) is 44.6 Å². The smallest absolute Gasteiger partial charge is 0.243 e. The van der Waals surface area contributed by atoms with E-state index in [4.69, 9.17) is 5.73 Å². The number of likely N-dealkylation sites (N-methyl/N-ethyl adjacent to an activating group) is 1. The van der Waals surface area contributed by atoms with Crippen molar-refractivity contribution in [1.29, 1.82) is 0 Å². The minimum Gasteiger partial charge on any atom is -0.349 e. The molecule has 0 fully saturated rings. The fraction of sp³-hybridized carbons (Fsp3) is 0.556. The Morgan fingerprint density at radius 3 is 2.18 bits per heavy atom. The molecule has 1 rings (SSSR count). The lowest BCUT2D eigenvalue weighted by Crippen LogP contribution is -2.54. The second-order valence-electron chi connectivity index (χ2n) is 7.38. The molecule has 1 aromatic carbocycles. The van der Waals surface area contributed by atoms with Crippen molar-refractivity contribution in [1.82, 2.24) is 9.62 Å². The molecule has 10 heteroatoms. The number of rotatable bonds is 9. The van der Waals surface area contributed by atoms with Gasteiger partial charge in [0.2, 0.25) is 21.8 Å². The third-order valence-electron chi connectivity index (χ3n) is 4.00. The monoisotopic (exact) mass is 434 g/mol. The van der Waals surface area contributed by atoms with Crippen molar-refractivity contribution in [2.75, 3.05) is 25.5 Å². The van der Waals surface area contributed by atoms with Gasteiger partial charge < -0.3 is 16.4 Å². The molecule has 28 heavy (non-hydrogen) atoms. The molecule has 0 bridgehead atoms. The zero-order chi connectivity index (χ0) is 20.8. The van der Waals surface area contributed by atoms with E-state index in [0.717, 1.165) is 4.31 Å². The summed E-state index contributed by atoms with van der Waals surface area (Å²) in [6.45, 7) is 7.22. The third kappa shape index (κ3) is 7.75. The second kappa shape index (κ2) is 10.8. The van der Waals surface area contributed by atoms with Gasteiger partial charge in [0.05, 0.1) is 11.4 Å². The first kappa shape index (κ1) is 26.3. The number of carbonyl (C=O) groups excluding carboxylic acids is 2. The summed E-state index contributed by atoms with van der Waals surface area (Å²) in [5.41, 5.74) is 5.69. The van der Waals surface area contributed by atoms with E-state index in [-0.39, 0.29) is 36.3 Å². The predicted molar refractivity (Wildman–Crippen MR) is 113 cm³/mol. The Balaban J connectivity index is 0.00000729. The number of halogens is 1. The molecular formula is C18H31ClN4O4S. The summed E-state index contributed by atoms with van der Waals surface area (Å²) in [5.74, 6) is -0.323. The van der Waals surface area contributed by atoms with E-state index in [1.54, 1.807) is 0 Å². The lowest BCUT2D eigenvalue weighted by molar-refractivity contribution is -0.123. The van der Waals surface area contributed by atoms with E-state index in [9.17, 15) is 18.0 Å². The number of hydrogen-bond donors (Lipinski definition) is 3. The summed E-state index contributed by atoms with van der Waals surface area (Å²) in [6, 6.07) is 5.77. The molecule has 0 aliphatic rings. The number of benzene rings is 1. The van der Waals surface area contributed by atoms with Crippen molar-refractivity contribution in [3.05, 3.63) is 24.3 Å². The van der Waals surface area contributed by atoms with E-state index in [0.29, 0.717) is 18.0 Å². The van der Waals surface area contributed by atoms with E-state index in [1.807, 2.05) is 20.8 Å². The second-order valence-corrected chi connectivity index (χ2v) is 9.42. The predicted octanol–water partition coefficient (Wildman–Crippen LogP) is 1.57. The van der Waals surface area contributed by atoms with Gasteiger partial charge in [-0.2, -0.15) is 4.31 Å². The number of nitrogens with zero attached hydrogens (tertiary/aromatic N) is 1. The molecule has 2 amide bonds. The average Bonchev–Trinajstić information content (AvgIpc) is 2.53. The fourth-order valence-corrected chi connectivity index (χ4v) is 3.97. The van der Waals surface area contributed by atoms with Gasteiger partial charge in [0.15, 0.2) is 0 Å². The molecule has 0 saturated heterocycles. The van der Waals surface area contributed by atoms with Crippen molar-refractivity contribution < 1.29 is 18.0 Å². The molecule has 4 N–H and O–H groups in total. The molecule has 0 aliphatic heterocycles. The van der Waals surface area contributed by atoms with Crippen LogP contribution in [0.2, 0.25) is 0 Å². The van der Waals surface area contributed by atoms with Crippen LogP contribution in [0.25, 0.3) is 0 Å². The molecule has 1 unspecified atom stereocenters. The zero-order valence-corrected chi connectivity index (χ0v) is 18.6. The van der Waals surface area contributed by atoms with Gasteiger partial charge in [-0.25, -0.2) is 8.42 Å². The molecule has 0 saturated carbocycles. The van der Waals surface area contributed by atoms with Crippen LogP contribution in [0.5, 0.6) is 0 Å². The van der Waals surface area contributed by atoms with Gasteiger partial charge in [0.25, 0.3) is 0 Å². The SMILES string of the molecule is CC(=O)Nc1ccc(S(=O)(=O)N(C)CC(=O)NC(C)(CN)CC(C)C)cc1.Cl. The highest BCUT2D eigenvalue weighted by Crippen LogP contribution is 2.18. The molecule has 160 valence electrons. The highest BCUT2D eigenvalue weighted by Gasteiger charge is 2.28. The first-order valence-corrected chi connectivity index (χ1v) is 10.2. The Morgan fingerprint density at radius 1 is 1.21 bits per heavy atom. The standard InChI is InChI=1S/C18H30N4O4S.ClH/c1-13(2)10-18(4,12-19)21-17(24)11-22(5)27(25,26)16-8-6-15(7-9-16)20-14(3)23;/h6-9,13H,10-12,19H2,1-5H3,(H,20,23)(H,21,24);1H. The summed E-state index contributed by atoms with van der Waals surface area (Å²) < 4.78 is 26.3. The molecule has 1 aromatic rings. The molecule has 0 spiro atoms. The average molecular weight is 435 g/mol. The van der Waals surface area contributed by atoms with Crippen molar-refractivity contribution >= 4 is 39.9 Å². The minimum atomic E-state index is -3.84. The zero-order valence-electron chi connectivity index (χ0n) is 17.0. The van der Waals surface area contributed by atoms with Gasteiger partial charge >= 0.3 is 0 Å². The van der Waals surface area contributed by atoms with E-state index >= 15 is 0 Å². The van der Waals surface area contributed by atoms with Crippen LogP contribution in [-0.4, -0.2) is 50.2 Å². The molecule has 0 aliphatic carbocycles.